The molecule has 0 radical (unpaired) electrons. The number of carbonyl (C=O) groups excluding carboxylic acids is 1. The van der Waals surface area contributed by atoms with Gasteiger partial charge < -0.3 is 5.73 Å². The molecule has 0 saturated carbocycles. The zero-order valence-corrected chi connectivity index (χ0v) is 6.45. The van der Waals surface area contributed by atoms with E-state index in [0.717, 1.165) is 5.56 Å². The molecule has 1 rings (SSSR count). The molecule has 2 N–H and O–H groups in total. The van der Waals surface area contributed by atoms with Crippen LogP contribution in [0.3, 0.4) is 0 Å². The van der Waals surface area contributed by atoms with E-state index < -0.39 is 5.78 Å². The van der Waals surface area contributed by atoms with Crippen LogP contribution in [0.5, 0.6) is 0 Å². The highest BCUT2D eigenvalue weighted by Crippen LogP contribution is 2.03. The second-order valence-electron chi connectivity index (χ2n) is 2.34. The molecule has 0 unspecified atom stereocenters. The van der Waals surface area contributed by atoms with Crippen molar-refractivity contribution in [2.45, 2.75) is 6.54 Å². The van der Waals surface area contributed by atoms with Gasteiger partial charge in [0, 0.05) is 12.1 Å². The Morgan fingerprint density at radius 2 is 2.00 bits per heavy atom. The van der Waals surface area contributed by atoms with E-state index in [-0.39, 0.29) is 0 Å². The summed E-state index contributed by atoms with van der Waals surface area (Å²) in [5, 5.41) is 8.29. The quantitative estimate of drug-likeness (QED) is 0.515. The van der Waals surface area contributed by atoms with Gasteiger partial charge in [0.15, 0.2) is 0 Å². The normalized spacial score (nSPS) is 9.00. The van der Waals surface area contributed by atoms with Crippen LogP contribution in [0, 0.1) is 11.3 Å². The molecule has 0 aliphatic heterocycles. The number of ketones is 1. The number of benzene rings is 1. The summed E-state index contributed by atoms with van der Waals surface area (Å²) in [7, 11) is 0. The molecule has 0 spiro atoms. The van der Waals surface area contributed by atoms with Crippen molar-refractivity contribution < 1.29 is 4.79 Å². The van der Waals surface area contributed by atoms with E-state index in [2.05, 4.69) is 0 Å². The Kier molecular flexibility index (Phi) is 2.57. The lowest BCUT2D eigenvalue weighted by Crippen LogP contribution is -1.98. The molecule has 0 bridgehead atoms. The first-order valence-electron chi connectivity index (χ1n) is 3.51. The predicted octanol–water partition coefficient (Wildman–Crippen LogP) is 0.852. The minimum atomic E-state index is -0.515. The van der Waals surface area contributed by atoms with Gasteiger partial charge in [-0.05, 0) is 17.7 Å². The Labute approximate surface area is 70.4 Å². The standard InChI is InChI=1S/C9H8N2O/c10-5-7-1-3-8(4-2-7)9(12)6-11/h1-4H,5,10H2. The van der Waals surface area contributed by atoms with Crippen LogP contribution in [0.4, 0.5) is 0 Å². The summed E-state index contributed by atoms with van der Waals surface area (Å²) < 4.78 is 0. The lowest BCUT2D eigenvalue weighted by atomic mass is 10.1. The zero-order valence-electron chi connectivity index (χ0n) is 6.45. The fraction of sp³-hybridized carbons (Fsp3) is 0.111. The molecule has 0 aliphatic rings. The molecule has 12 heavy (non-hydrogen) atoms. The first-order valence-corrected chi connectivity index (χ1v) is 3.51. The smallest absolute Gasteiger partial charge is 0.262 e. The number of Topliss-reactive ketones (excluding diaryl/α,β-unsaturated/α-hetero) is 1. The fourth-order valence-corrected chi connectivity index (χ4v) is 0.857. The topological polar surface area (TPSA) is 66.9 Å². The van der Waals surface area contributed by atoms with Gasteiger partial charge in [0.05, 0.1) is 0 Å². The minimum absolute atomic E-state index is 0.412. The number of nitriles is 1. The second kappa shape index (κ2) is 3.65. The number of hydrogen-bond acceptors (Lipinski definition) is 3. The molecular weight excluding hydrogens is 152 g/mol. The predicted molar refractivity (Wildman–Crippen MR) is 44.3 cm³/mol. The molecule has 1 aromatic carbocycles. The molecular formula is C9H8N2O. The molecule has 60 valence electrons. The van der Waals surface area contributed by atoms with Crippen LogP contribution in [0.25, 0.3) is 0 Å². The Bertz CT molecular complexity index is 321. The number of nitrogens with two attached hydrogens (primary N) is 1. The summed E-state index contributed by atoms with van der Waals surface area (Å²) in [6.07, 6.45) is 0. The van der Waals surface area contributed by atoms with Gasteiger partial charge in [0.25, 0.3) is 5.78 Å². The molecule has 1 aromatic rings. The fourth-order valence-electron chi connectivity index (χ4n) is 0.857. The van der Waals surface area contributed by atoms with Crippen molar-refractivity contribution in [1.82, 2.24) is 0 Å². The van der Waals surface area contributed by atoms with Crippen LogP contribution < -0.4 is 5.73 Å². The van der Waals surface area contributed by atoms with E-state index in [1.165, 1.54) is 0 Å². The molecule has 0 fully saturated rings. The Morgan fingerprint density at radius 3 is 2.42 bits per heavy atom. The second-order valence-corrected chi connectivity index (χ2v) is 2.34. The number of nitrogens with zero attached hydrogens (tertiary/aromatic N) is 1. The SMILES string of the molecule is N#CC(=O)c1ccc(CN)cc1. The molecule has 0 aromatic heterocycles. The summed E-state index contributed by atoms with van der Waals surface area (Å²) >= 11 is 0. The van der Waals surface area contributed by atoms with Crippen molar-refractivity contribution in [3.63, 3.8) is 0 Å². The van der Waals surface area contributed by atoms with Gasteiger partial charge in [0.1, 0.15) is 6.07 Å². The highest BCUT2D eigenvalue weighted by molar-refractivity contribution is 6.07. The van der Waals surface area contributed by atoms with Crippen LogP contribution in [-0.4, -0.2) is 5.78 Å². The van der Waals surface area contributed by atoms with Gasteiger partial charge in [-0.25, -0.2) is 0 Å². The summed E-state index contributed by atoms with van der Waals surface area (Å²) in [6.45, 7) is 0.445. The van der Waals surface area contributed by atoms with Crippen LogP contribution in [-0.2, 0) is 6.54 Å². The first-order chi connectivity index (χ1) is 5.77. The molecule has 0 atom stereocenters. The third-order valence-electron chi connectivity index (χ3n) is 1.55. The Hall–Kier alpha value is -1.66. The maximum Gasteiger partial charge on any atom is 0.262 e. The molecule has 0 saturated heterocycles. The lowest BCUT2D eigenvalue weighted by molar-refractivity contribution is 0.105. The summed E-state index contributed by atoms with van der Waals surface area (Å²) in [5.74, 6) is -0.515. The largest absolute Gasteiger partial charge is 0.326 e. The summed E-state index contributed by atoms with van der Waals surface area (Å²) in [4.78, 5) is 10.8. The summed E-state index contributed by atoms with van der Waals surface area (Å²) in [6, 6.07) is 8.24. The van der Waals surface area contributed by atoms with Crippen molar-refractivity contribution in [3.8, 4) is 6.07 Å². The van der Waals surface area contributed by atoms with Gasteiger partial charge in [-0.15, -0.1) is 0 Å². The van der Waals surface area contributed by atoms with Crippen molar-refractivity contribution in [2.24, 2.45) is 5.73 Å². The molecule has 0 aliphatic carbocycles. The van der Waals surface area contributed by atoms with Crippen molar-refractivity contribution in [3.05, 3.63) is 35.4 Å². The number of hydrogen-bond donors (Lipinski definition) is 1. The van der Waals surface area contributed by atoms with E-state index in [1.807, 2.05) is 0 Å². The maximum absolute atomic E-state index is 10.8. The molecule has 3 nitrogen and oxygen atoms in total. The van der Waals surface area contributed by atoms with Gasteiger partial charge in [0.2, 0.25) is 0 Å². The monoisotopic (exact) mass is 160 g/mol. The van der Waals surface area contributed by atoms with Gasteiger partial charge in [-0.2, -0.15) is 5.26 Å². The molecule has 3 heteroatoms. The minimum Gasteiger partial charge on any atom is -0.326 e. The number of rotatable bonds is 2. The van der Waals surface area contributed by atoms with E-state index >= 15 is 0 Å². The first kappa shape index (κ1) is 8.44. The average Bonchev–Trinajstić information content (AvgIpc) is 2.17. The maximum atomic E-state index is 10.8. The zero-order chi connectivity index (χ0) is 8.97. The van der Waals surface area contributed by atoms with Crippen molar-refractivity contribution in [1.29, 1.82) is 5.26 Å². The van der Waals surface area contributed by atoms with Crippen molar-refractivity contribution >= 4 is 5.78 Å². The van der Waals surface area contributed by atoms with E-state index in [4.69, 9.17) is 11.0 Å². The highest BCUT2D eigenvalue weighted by Gasteiger charge is 2.01. The third-order valence-corrected chi connectivity index (χ3v) is 1.55. The number of carbonyl (C=O) groups is 1. The van der Waals surface area contributed by atoms with Gasteiger partial charge >= 0.3 is 0 Å². The van der Waals surface area contributed by atoms with E-state index in [0.29, 0.717) is 12.1 Å². The lowest BCUT2D eigenvalue weighted by Gasteiger charge is -1.96. The van der Waals surface area contributed by atoms with Crippen LogP contribution in [0.2, 0.25) is 0 Å². The van der Waals surface area contributed by atoms with Crippen LogP contribution in [0.15, 0.2) is 24.3 Å². The van der Waals surface area contributed by atoms with E-state index in [9.17, 15) is 4.79 Å². The highest BCUT2D eigenvalue weighted by atomic mass is 16.1. The van der Waals surface area contributed by atoms with Gasteiger partial charge in [-0.3, -0.25) is 4.79 Å². The van der Waals surface area contributed by atoms with Crippen LogP contribution in [0.1, 0.15) is 15.9 Å². The van der Waals surface area contributed by atoms with Gasteiger partial charge in [-0.1, -0.05) is 12.1 Å². The summed E-state index contributed by atoms with van der Waals surface area (Å²) in [5.41, 5.74) is 6.72. The third kappa shape index (κ3) is 1.68. The van der Waals surface area contributed by atoms with Crippen molar-refractivity contribution in [2.75, 3.05) is 0 Å². The average molecular weight is 160 g/mol. The van der Waals surface area contributed by atoms with Crippen LogP contribution >= 0.6 is 0 Å². The van der Waals surface area contributed by atoms with E-state index in [1.54, 1.807) is 30.3 Å². The molecule has 0 amide bonds. The Balaban J connectivity index is 2.94. The Morgan fingerprint density at radius 1 is 1.42 bits per heavy atom. The molecule has 0 heterocycles.